The summed E-state index contributed by atoms with van der Waals surface area (Å²) in [5.74, 6) is -0.0942. The number of furan rings is 1. The van der Waals surface area contributed by atoms with Gasteiger partial charge in [0.15, 0.2) is 5.76 Å². The third kappa shape index (κ3) is 2.59. The van der Waals surface area contributed by atoms with E-state index in [-0.39, 0.29) is 17.5 Å². The molecule has 4 heteroatoms. The van der Waals surface area contributed by atoms with Crippen molar-refractivity contribution in [3.05, 3.63) is 48.0 Å². The highest BCUT2D eigenvalue weighted by molar-refractivity contribution is 5.92. The molecule has 0 fully saturated rings. The van der Waals surface area contributed by atoms with E-state index in [0.29, 0.717) is 17.9 Å². The molecule has 0 aliphatic carbocycles. The predicted octanol–water partition coefficient (Wildman–Crippen LogP) is 3.23. The second-order valence-electron chi connectivity index (χ2n) is 3.90. The lowest BCUT2D eigenvalue weighted by atomic mass is 10.1. The van der Waals surface area contributed by atoms with Gasteiger partial charge in [0.25, 0.3) is 5.91 Å². The van der Waals surface area contributed by atoms with Crippen LogP contribution in [0.3, 0.4) is 0 Å². The van der Waals surface area contributed by atoms with E-state index in [0.717, 1.165) is 6.42 Å². The molecular weight excluding hydrogens is 233 g/mol. The molecule has 0 aliphatic heterocycles. The summed E-state index contributed by atoms with van der Waals surface area (Å²) in [5, 5.41) is 2.70. The number of hydrogen-bond acceptors (Lipinski definition) is 2. The zero-order valence-corrected chi connectivity index (χ0v) is 10.1. The third-order valence-corrected chi connectivity index (χ3v) is 2.50. The van der Waals surface area contributed by atoms with E-state index >= 15 is 0 Å². The van der Waals surface area contributed by atoms with Gasteiger partial charge < -0.3 is 9.73 Å². The van der Waals surface area contributed by atoms with Gasteiger partial charge in [0.05, 0.1) is 5.56 Å². The van der Waals surface area contributed by atoms with Crippen molar-refractivity contribution in [2.24, 2.45) is 0 Å². The normalized spacial score (nSPS) is 10.3. The van der Waals surface area contributed by atoms with Crippen molar-refractivity contribution in [3.63, 3.8) is 0 Å². The van der Waals surface area contributed by atoms with Crippen LogP contribution < -0.4 is 5.32 Å². The molecule has 2 aromatic rings. The summed E-state index contributed by atoms with van der Waals surface area (Å²) in [6.45, 7) is 2.56. The molecule has 1 amide bonds. The first kappa shape index (κ1) is 12.4. The number of carbonyl (C=O) groups excluding carboxylic acids is 1. The van der Waals surface area contributed by atoms with Crippen molar-refractivity contribution < 1.29 is 13.6 Å². The van der Waals surface area contributed by atoms with Gasteiger partial charge in [-0.05, 0) is 30.7 Å². The molecule has 1 aromatic heterocycles. The molecule has 94 valence electrons. The SMILES string of the molecule is CCCNC(=O)c1ccc(-c2ccccc2F)o1. The van der Waals surface area contributed by atoms with Gasteiger partial charge in [-0.25, -0.2) is 4.39 Å². The minimum absolute atomic E-state index is 0.196. The molecular formula is C14H14FNO2. The number of nitrogens with one attached hydrogen (secondary N) is 1. The number of halogens is 1. The second-order valence-corrected chi connectivity index (χ2v) is 3.90. The maximum absolute atomic E-state index is 13.5. The smallest absolute Gasteiger partial charge is 0.287 e. The monoisotopic (exact) mass is 247 g/mol. The Kier molecular flexibility index (Phi) is 3.77. The van der Waals surface area contributed by atoms with Crippen LogP contribution in [-0.4, -0.2) is 12.5 Å². The Hall–Kier alpha value is -2.10. The van der Waals surface area contributed by atoms with Crippen LogP contribution >= 0.6 is 0 Å². The lowest BCUT2D eigenvalue weighted by Crippen LogP contribution is -2.23. The van der Waals surface area contributed by atoms with Gasteiger partial charge in [0.1, 0.15) is 11.6 Å². The highest BCUT2D eigenvalue weighted by atomic mass is 19.1. The van der Waals surface area contributed by atoms with Crippen molar-refractivity contribution in [1.82, 2.24) is 5.32 Å². The molecule has 0 aliphatic rings. The molecule has 0 unspecified atom stereocenters. The van der Waals surface area contributed by atoms with E-state index < -0.39 is 0 Å². The highest BCUT2D eigenvalue weighted by Gasteiger charge is 2.13. The Morgan fingerprint density at radius 2 is 2.06 bits per heavy atom. The Morgan fingerprint density at radius 1 is 1.28 bits per heavy atom. The molecule has 0 radical (unpaired) electrons. The van der Waals surface area contributed by atoms with E-state index in [9.17, 15) is 9.18 Å². The molecule has 0 saturated carbocycles. The van der Waals surface area contributed by atoms with Gasteiger partial charge in [0.2, 0.25) is 0 Å². The average molecular weight is 247 g/mol. The summed E-state index contributed by atoms with van der Waals surface area (Å²) in [5.41, 5.74) is 0.354. The third-order valence-electron chi connectivity index (χ3n) is 2.50. The fourth-order valence-corrected chi connectivity index (χ4v) is 1.59. The standard InChI is InChI=1S/C14H14FNO2/c1-2-9-16-14(17)13-8-7-12(18-13)10-5-3-4-6-11(10)15/h3-8H,2,9H2,1H3,(H,16,17). The Labute approximate surface area is 105 Å². The summed E-state index contributed by atoms with van der Waals surface area (Å²) < 4.78 is 18.9. The van der Waals surface area contributed by atoms with E-state index in [2.05, 4.69) is 5.32 Å². The number of rotatable bonds is 4. The summed E-state index contributed by atoms with van der Waals surface area (Å²) >= 11 is 0. The molecule has 0 bridgehead atoms. The van der Waals surface area contributed by atoms with Crippen LogP contribution in [0.2, 0.25) is 0 Å². The molecule has 1 N–H and O–H groups in total. The molecule has 18 heavy (non-hydrogen) atoms. The van der Waals surface area contributed by atoms with Crippen LogP contribution in [0.5, 0.6) is 0 Å². The first-order valence-electron chi connectivity index (χ1n) is 5.85. The lowest BCUT2D eigenvalue weighted by Gasteiger charge is -2.00. The van der Waals surface area contributed by atoms with Crippen LogP contribution in [0.25, 0.3) is 11.3 Å². The number of carbonyl (C=O) groups is 1. The second kappa shape index (κ2) is 5.49. The van der Waals surface area contributed by atoms with Crippen molar-refractivity contribution in [2.45, 2.75) is 13.3 Å². The van der Waals surface area contributed by atoms with Crippen LogP contribution in [-0.2, 0) is 0 Å². The van der Waals surface area contributed by atoms with Crippen LogP contribution in [0, 0.1) is 5.82 Å². The molecule has 3 nitrogen and oxygen atoms in total. The highest BCUT2D eigenvalue weighted by Crippen LogP contribution is 2.24. The summed E-state index contributed by atoms with van der Waals surface area (Å²) in [6, 6.07) is 9.44. The number of benzene rings is 1. The summed E-state index contributed by atoms with van der Waals surface area (Å²) in [7, 11) is 0. The van der Waals surface area contributed by atoms with Crippen LogP contribution in [0.15, 0.2) is 40.8 Å². The Balaban J connectivity index is 2.21. The molecule has 0 spiro atoms. The molecule has 0 saturated heterocycles. The first-order chi connectivity index (χ1) is 8.72. The van der Waals surface area contributed by atoms with E-state index in [1.807, 2.05) is 6.92 Å². The minimum atomic E-state index is -0.368. The number of amides is 1. The zero-order chi connectivity index (χ0) is 13.0. The van der Waals surface area contributed by atoms with E-state index in [1.165, 1.54) is 6.07 Å². The van der Waals surface area contributed by atoms with E-state index in [1.54, 1.807) is 30.3 Å². The predicted molar refractivity (Wildman–Crippen MR) is 66.7 cm³/mol. The molecule has 2 rings (SSSR count). The van der Waals surface area contributed by atoms with Gasteiger partial charge in [-0.15, -0.1) is 0 Å². The van der Waals surface area contributed by atoms with Gasteiger partial charge >= 0.3 is 0 Å². The van der Waals surface area contributed by atoms with Gasteiger partial charge in [-0.2, -0.15) is 0 Å². The topological polar surface area (TPSA) is 42.2 Å². The van der Waals surface area contributed by atoms with Crippen LogP contribution in [0.1, 0.15) is 23.9 Å². The van der Waals surface area contributed by atoms with Crippen molar-refractivity contribution in [2.75, 3.05) is 6.54 Å². The zero-order valence-electron chi connectivity index (χ0n) is 10.1. The number of hydrogen-bond donors (Lipinski definition) is 1. The van der Waals surface area contributed by atoms with Gasteiger partial charge in [0, 0.05) is 6.54 Å². The Bertz CT molecular complexity index is 548. The fourth-order valence-electron chi connectivity index (χ4n) is 1.59. The largest absolute Gasteiger partial charge is 0.451 e. The van der Waals surface area contributed by atoms with Crippen molar-refractivity contribution >= 4 is 5.91 Å². The fraction of sp³-hybridized carbons (Fsp3) is 0.214. The maximum Gasteiger partial charge on any atom is 0.287 e. The lowest BCUT2D eigenvalue weighted by molar-refractivity contribution is 0.0927. The molecule has 1 aromatic carbocycles. The molecule has 1 heterocycles. The molecule has 0 atom stereocenters. The maximum atomic E-state index is 13.5. The van der Waals surface area contributed by atoms with Gasteiger partial charge in [-0.1, -0.05) is 19.1 Å². The quantitative estimate of drug-likeness (QED) is 0.901. The van der Waals surface area contributed by atoms with Crippen molar-refractivity contribution in [1.29, 1.82) is 0 Å². The minimum Gasteiger partial charge on any atom is -0.451 e. The summed E-state index contributed by atoms with van der Waals surface area (Å²) in [4.78, 5) is 11.6. The average Bonchev–Trinajstić information content (AvgIpc) is 2.86. The summed E-state index contributed by atoms with van der Waals surface area (Å²) in [6.07, 6.45) is 0.854. The van der Waals surface area contributed by atoms with E-state index in [4.69, 9.17) is 4.42 Å². The Morgan fingerprint density at radius 3 is 2.78 bits per heavy atom. The van der Waals surface area contributed by atoms with Gasteiger partial charge in [-0.3, -0.25) is 4.79 Å². The first-order valence-corrected chi connectivity index (χ1v) is 5.85. The van der Waals surface area contributed by atoms with Crippen LogP contribution in [0.4, 0.5) is 4.39 Å². The van der Waals surface area contributed by atoms with Crippen molar-refractivity contribution in [3.8, 4) is 11.3 Å².